The summed E-state index contributed by atoms with van der Waals surface area (Å²) in [6, 6.07) is 1.76. The van der Waals surface area contributed by atoms with E-state index in [0.717, 1.165) is 0 Å². The van der Waals surface area contributed by atoms with Crippen molar-refractivity contribution in [2.24, 2.45) is 0 Å². The molecule has 0 spiro atoms. The first-order valence-electron chi connectivity index (χ1n) is 7.80. The summed E-state index contributed by atoms with van der Waals surface area (Å²) >= 11 is 0. The van der Waals surface area contributed by atoms with E-state index >= 15 is 0 Å². The van der Waals surface area contributed by atoms with E-state index in [1.807, 2.05) is 4.90 Å². The first-order valence-corrected chi connectivity index (χ1v) is 7.80. The third-order valence-electron chi connectivity index (χ3n) is 3.60. The van der Waals surface area contributed by atoms with E-state index in [1.165, 1.54) is 0 Å². The van der Waals surface area contributed by atoms with Crippen molar-refractivity contribution in [3.63, 3.8) is 0 Å². The van der Waals surface area contributed by atoms with Crippen molar-refractivity contribution in [1.82, 2.24) is 14.9 Å². The normalized spacial score (nSPS) is 15.7. The Hall–Kier alpha value is -2.48. The molecule has 1 aromatic heterocycles. The van der Waals surface area contributed by atoms with Gasteiger partial charge in [0.1, 0.15) is 0 Å². The molecule has 8 nitrogen and oxygen atoms in total. The Morgan fingerprint density at radius 3 is 2.58 bits per heavy atom. The highest BCUT2D eigenvalue weighted by atomic mass is 16.6. The Balaban J connectivity index is 1.73. The van der Waals surface area contributed by atoms with Crippen molar-refractivity contribution >= 4 is 17.8 Å². The Morgan fingerprint density at radius 2 is 1.96 bits per heavy atom. The van der Waals surface area contributed by atoms with Gasteiger partial charge in [-0.1, -0.05) is 6.08 Å². The Kier molecular flexibility index (Phi) is 6.68. The second kappa shape index (κ2) is 8.97. The first-order chi connectivity index (χ1) is 11.6. The van der Waals surface area contributed by atoms with E-state index in [4.69, 9.17) is 9.47 Å². The Morgan fingerprint density at radius 1 is 1.29 bits per heavy atom. The number of amides is 1. The smallest absolute Gasteiger partial charge is 0.335 e. The maximum absolute atomic E-state index is 12.1. The van der Waals surface area contributed by atoms with Crippen molar-refractivity contribution < 1.29 is 19.1 Å². The fourth-order valence-corrected chi connectivity index (χ4v) is 2.23. The summed E-state index contributed by atoms with van der Waals surface area (Å²) in [5.74, 6) is -0.112. The number of anilines is 1. The molecular formula is C16H22N4O4. The van der Waals surface area contributed by atoms with Crippen LogP contribution in [0.3, 0.4) is 0 Å². The van der Waals surface area contributed by atoms with E-state index in [2.05, 4.69) is 16.5 Å². The van der Waals surface area contributed by atoms with Crippen molar-refractivity contribution in [2.45, 2.75) is 13.0 Å². The van der Waals surface area contributed by atoms with Gasteiger partial charge in [0.05, 0.1) is 6.61 Å². The van der Waals surface area contributed by atoms with Crippen LogP contribution in [0.4, 0.5) is 5.95 Å². The van der Waals surface area contributed by atoms with Crippen molar-refractivity contribution in [2.75, 3.05) is 44.3 Å². The van der Waals surface area contributed by atoms with Crippen molar-refractivity contribution in [1.29, 1.82) is 0 Å². The lowest BCUT2D eigenvalue weighted by Gasteiger charge is -2.34. The molecule has 0 saturated carbocycles. The van der Waals surface area contributed by atoms with Crippen LogP contribution in [0, 0.1) is 0 Å². The number of hydrogen-bond acceptors (Lipinski definition) is 7. The van der Waals surface area contributed by atoms with E-state index in [1.54, 1.807) is 36.4 Å². The molecule has 2 heterocycles. The van der Waals surface area contributed by atoms with Gasteiger partial charge in [0, 0.05) is 38.6 Å². The maximum atomic E-state index is 12.1. The minimum atomic E-state index is -0.720. The second-order valence-corrected chi connectivity index (χ2v) is 5.29. The molecular weight excluding hydrogens is 312 g/mol. The number of rotatable bonds is 7. The van der Waals surface area contributed by atoms with Gasteiger partial charge in [-0.25, -0.2) is 14.8 Å². The molecule has 1 fully saturated rings. The highest BCUT2D eigenvalue weighted by molar-refractivity contribution is 5.82. The molecule has 1 unspecified atom stereocenters. The molecule has 0 N–H and O–H groups in total. The van der Waals surface area contributed by atoms with E-state index in [0.29, 0.717) is 32.1 Å². The standard InChI is InChI=1S/C16H22N4O4/c1-3-11-23-13(2)15(22)24-12-14(21)19-7-9-20(10-8-19)16-17-5-4-6-18-16/h3-6,13H,1,7-12H2,2H3. The van der Waals surface area contributed by atoms with Gasteiger partial charge in [0.15, 0.2) is 12.7 Å². The fraction of sp³-hybridized carbons (Fsp3) is 0.500. The number of hydrogen-bond donors (Lipinski definition) is 0. The van der Waals surface area contributed by atoms with Gasteiger partial charge >= 0.3 is 5.97 Å². The summed E-state index contributed by atoms with van der Waals surface area (Å²) in [7, 11) is 0. The quantitative estimate of drug-likeness (QED) is 0.522. The van der Waals surface area contributed by atoms with Gasteiger partial charge in [0.25, 0.3) is 5.91 Å². The summed E-state index contributed by atoms with van der Waals surface area (Å²) in [5, 5.41) is 0. The number of ether oxygens (including phenoxy) is 2. The predicted molar refractivity (Wildman–Crippen MR) is 87.4 cm³/mol. The van der Waals surface area contributed by atoms with Gasteiger partial charge in [-0.3, -0.25) is 4.79 Å². The molecule has 1 saturated heterocycles. The lowest BCUT2D eigenvalue weighted by molar-refractivity contribution is -0.160. The highest BCUT2D eigenvalue weighted by Crippen LogP contribution is 2.10. The third-order valence-corrected chi connectivity index (χ3v) is 3.60. The average molecular weight is 334 g/mol. The number of esters is 1. The summed E-state index contributed by atoms with van der Waals surface area (Å²) in [6.07, 6.45) is 4.21. The van der Waals surface area contributed by atoms with E-state index in [9.17, 15) is 9.59 Å². The molecule has 1 atom stereocenters. The van der Waals surface area contributed by atoms with Crippen LogP contribution in [-0.2, 0) is 19.1 Å². The average Bonchev–Trinajstić information content (AvgIpc) is 2.64. The lowest BCUT2D eigenvalue weighted by Crippen LogP contribution is -2.50. The maximum Gasteiger partial charge on any atom is 0.335 e. The summed E-state index contributed by atoms with van der Waals surface area (Å²) in [4.78, 5) is 35.9. The van der Waals surface area contributed by atoms with Crippen LogP contribution in [0.1, 0.15) is 6.92 Å². The molecule has 0 aromatic carbocycles. The molecule has 130 valence electrons. The molecule has 1 aliphatic heterocycles. The van der Waals surface area contributed by atoms with Gasteiger partial charge < -0.3 is 19.3 Å². The van der Waals surface area contributed by atoms with Gasteiger partial charge in [-0.15, -0.1) is 6.58 Å². The van der Waals surface area contributed by atoms with Crippen LogP contribution in [0.25, 0.3) is 0 Å². The van der Waals surface area contributed by atoms with Gasteiger partial charge in [-0.05, 0) is 13.0 Å². The summed E-state index contributed by atoms with van der Waals surface area (Å²) in [6.45, 7) is 7.43. The second-order valence-electron chi connectivity index (χ2n) is 5.29. The fourth-order valence-electron chi connectivity index (χ4n) is 2.23. The van der Waals surface area contributed by atoms with Crippen molar-refractivity contribution in [3.8, 4) is 0 Å². The molecule has 2 rings (SSSR count). The minimum absolute atomic E-state index is 0.215. The topological polar surface area (TPSA) is 84.9 Å². The summed E-state index contributed by atoms with van der Waals surface area (Å²) in [5.41, 5.74) is 0. The molecule has 1 aromatic rings. The van der Waals surface area contributed by atoms with Gasteiger partial charge in [-0.2, -0.15) is 0 Å². The minimum Gasteiger partial charge on any atom is -0.454 e. The number of piperazine rings is 1. The molecule has 8 heteroatoms. The lowest BCUT2D eigenvalue weighted by atomic mass is 10.3. The number of carbonyl (C=O) groups excluding carboxylic acids is 2. The van der Waals surface area contributed by atoms with Crippen LogP contribution in [0.5, 0.6) is 0 Å². The van der Waals surface area contributed by atoms with Crippen LogP contribution in [0.15, 0.2) is 31.1 Å². The molecule has 0 aliphatic carbocycles. The van der Waals surface area contributed by atoms with Crippen molar-refractivity contribution in [3.05, 3.63) is 31.1 Å². The third kappa shape index (κ3) is 5.02. The number of carbonyl (C=O) groups is 2. The van der Waals surface area contributed by atoms with Crippen LogP contribution < -0.4 is 4.90 Å². The zero-order chi connectivity index (χ0) is 17.4. The molecule has 0 bridgehead atoms. The zero-order valence-corrected chi connectivity index (χ0v) is 13.8. The predicted octanol–water partition coefficient (Wildman–Crippen LogP) is 0.260. The molecule has 1 amide bonds. The summed E-state index contributed by atoms with van der Waals surface area (Å²) < 4.78 is 10.2. The van der Waals surface area contributed by atoms with Crippen LogP contribution in [0.2, 0.25) is 0 Å². The number of aromatic nitrogens is 2. The monoisotopic (exact) mass is 334 g/mol. The molecule has 0 radical (unpaired) electrons. The largest absolute Gasteiger partial charge is 0.454 e. The molecule has 1 aliphatic rings. The zero-order valence-electron chi connectivity index (χ0n) is 13.8. The Bertz CT molecular complexity index is 558. The molecule has 24 heavy (non-hydrogen) atoms. The SMILES string of the molecule is C=CCOC(C)C(=O)OCC(=O)N1CCN(c2ncccn2)CC1. The van der Waals surface area contributed by atoms with Gasteiger partial charge in [0.2, 0.25) is 5.95 Å². The van der Waals surface area contributed by atoms with E-state index < -0.39 is 12.1 Å². The Labute approximate surface area is 141 Å². The van der Waals surface area contributed by atoms with Crippen LogP contribution >= 0.6 is 0 Å². The highest BCUT2D eigenvalue weighted by Gasteiger charge is 2.24. The first kappa shape index (κ1) is 17.9. The number of nitrogens with zero attached hydrogens (tertiary/aromatic N) is 4. The van der Waals surface area contributed by atoms with Crippen LogP contribution in [-0.4, -0.2) is 72.2 Å². The van der Waals surface area contributed by atoms with E-state index in [-0.39, 0.29) is 19.1 Å².